The molecule has 3 aromatic rings. The van der Waals surface area contributed by atoms with E-state index in [9.17, 15) is 9.59 Å². The van der Waals surface area contributed by atoms with Gasteiger partial charge in [0.05, 0.1) is 0 Å². The smallest absolute Gasteiger partial charge is 0.344 e. The molecule has 0 aliphatic carbocycles. The average Bonchev–Trinajstić information content (AvgIpc) is 2.65. The van der Waals surface area contributed by atoms with Crippen molar-refractivity contribution in [3.8, 4) is 11.5 Å². The monoisotopic (exact) mass is 368 g/mol. The number of carbonyl (C=O) groups is 1. The van der Waals surface area contributed by atoms with Gasteiger partial charge < -0.3 is 18.6 Å². The number of aryl methyl sites for hydroxylation is 2. The highest BCUT2D eigenvalue weighted by atomic mass is 16.6. The van der Waals surface area contributed by atoms with Crippen LogP contribution < -0.4 is 15.1 Å². The van der Waals surface area contributed by atoms with Gasteiger partial charge in [-0.05, 0) is 43.2 Å². The lowest BCUT2D eigenvalue weighted by molar-refractivity contribution is -0.146. The summed E-state index contributed by atoms with van der Waals surface area (Å²) in [4.78, 5) is 23.1. The molecule has 1 aromatic heterocycles. The van der Waals surface area contributed by atoms with E-state index in [2.05, 4.69) is 0 Å². The third-order valence-electron chi connectivity index (χ3n) is 3.95. The van der Waals surface area contributed by atoms with Crippen LogP contribution in [0, 0.1) is 13.8 Å². The first-order valence-electron chi connectivity index (χ1n) is 8.54. The first-order chi connectivity index (χ1) is 13.0. The van der Waals surface area contributed by atoms with Crippen LogP contribution in [0.2, 0.25) is 0 Å². The number of carbonyl (C=O) groups excluding carboxylic acids is 1. The van der Waals surface area contributed by atoms with Crippen LogP contribution in [0.3, 0.4) is 0 Å². The molecule has 0 spiro atoms. The molecule has 0 bridgehead atoms. The summed E-state index contributed by atoms with van der Waals surface area (Å²) in [6.07, 6.45) is 0. The van der Waals surface area contributed by atoms with Gasteiger partial charge in [-0.25, -0.2) is 9.59 Å². The molecule has 0 saturated heterocycles. The Balaban J connectivity index is 1.45. The number of para-hydroxylation sites is 1. The second-order valence-electron chi connectivity index (χ2n) is 6.03. The largest absolute Gasteiger partial charge is 0.489 e. The van der Waals surface area contributed by atoms with Gasteiger partial charge in [0, 0.05) is 17.5 Å². The zero-order chi connectivity index (χ0) is 19.2. The molecule has 0 aliphatic heterocycles. The maximum atomic E-state index is 11.8. The molecule has 3 rings (SSSR count). The Morgan fingerprint density at radius 1 is 0.963 bits per heavy atom. The quantitative estimate of drug-likeness (QED) is 0.361. The zero-order valence-corrected chi connectivity index (χ0v) is 15.2. The molecular weight excluding hydrogens is 348 g/mol. The highest BCUT2D eigenvalue weighted by Gasteiger charge is 2.07. The second kappa shape index (κ2) is 8.40. The van der Waals surface area contributed by atoms with E-state index >= 15 is 0 Å². The Kier molecular flexibility index (Phi) is 5.76. The van der Waals surface area contributed by atoms with Crippen LogP contribution in [0.4, 0.5) is 0 Å². The summed E-state index contributed by atoms with van der Waals surface area (Å²) in [6.45, 7) is 4.08. The Morgan fingerprint density at radius 3 is 2.48 bits per heavy atom. The van der Waals surface area contributed by atoms with Crippen molar-refractivity contribution in [3.05, 3.63) is 70.1 Å². The molecule has 0 saturated carbocycles. The second-order valence-corrected chi connectivity index (χ2v) is 6.03. The van der Waals surface area contributed by atoms with Crippen molar-refractivity contribution in [2.75, 3.05) is 19.8 Å². The van der Waals surface area contributed by atoms with Crippen molar-refractivity contribution in [2.24, 2.45) is 0 Å². The number of hydrogen-bond donors (Lipinski definition) is 0. The minimum atomic E-state index is -0.505. The molecule has 1 heterocycles. The summed E-state index contributed by atoms with van der Waals surface area (Å²) in [7, 11) is 0. The SMILES string of the molecule is Cc1cccc(C)c1OCCOC(=O)COc1ccc2ccc(=O)oc2c1. The summed E-state index contributed by atoms with van der Waals surface area (Å²) in [5.41, 5.74) is 2.03. The van der Waals surface area contributed by atoms with Crippen LogP contribution in [-0.2, 0) is 9.53 Å². The minimum Gasteiger partial charge on any atom is -0.489 e. The molecule has 0 aliphatic rings. The van der Waals surface area contributed by atoms with Crippen molar-refractivity contribution in [3.63, 3.8) is 0 Å². The van der Waals surface area contributed by atoms with E-state index in [1.165, 1.54) is 6.07 Å². The lowest BCUT2D eigenvalue weighted by Gasteiger charge is -2.12. The summed E-state index contributed by atoms with van der Waals surface area (Å²) in [6, 6.07) is 13.9. The van der Waals surface area contributed by atoms with Crippen LogP contribution in [0.5, 0.6) is 11.5 Å². The number of hydrogen-bond acceptors (Lipinski definition) is 6. The van der Waals surface area contributed by atoms with Gasteiger partial charge in [-0.2, -0.15) is 0 Å². The van der Waals surface area contributed by atoms with Gasteiger partial charge in [-0.1, -0.05) is 18.2 Å². The van der Waals surface area contributed by atoms with E-state index in [-0.39, 0.29) is 19.8 Å². The van der Waals surface area contributed by atoms with E-state index in [1.807, 2.05) is 32.0 Å². The predicted octanol–water partition coefficient (Wildman–Crippen LogP) is 3.41. The standard InChI is InChI=1S/C21H20O6/c1-14-4-3-5-15(2)21(14)25-11-10-24-20(23)13-26-17-8-6-16-7-9-19(22)27-18(16)12-17/h3-9,12H,10-11,13H2,1-2H3. The Bertz CT molecular complexity index is 985. The molecule has 27 heavy (non-hydrogen) atoms. The third-order valence-corrected chi connectivity index (χ3v) is 3.95. The highest BCUT2D eigenvalue weighted by Crippen LogP contribution is 2.22. The normalized spacial score (nSPS) is 10.6. The maximum absolute atomic E-state index is 11.8. The average molecular weight is 368 g/mol. The summed E-state index contributed by atoms with van der Waals surface area (Å²) < 4.78 is 21.3. The van der Waals surface area contributed by atoms with Gasteiger partial charge in [0.1, 0.15) is 30.3 Å². The van der Waals surface area contributed by atoms with Gasteiger partial charge >= 0.3 is 11.6 Å². The molecule has 0 unspecified atom stereocenters. The topological polar surface area (TPSA) is 75.0 Å². The molecule has 2 aromatic carbocycles. The van der Waals surface area contributed by atoms with E-state index in [0.29, 0.717) is 11.3 Å². The van der Waals surface area contributed by atoms with E-state index in [1.54, 1.807) is 24.3 Å². The van der Waals surface area contributed by atoms with Gasteiger partial charge in [0.2, 0.25) is 0 Å². The fourth-order valence-corrected chi connectivity index (χ4v) is 2.64. The van der Waals surface area contributed by atoms with E-state index < -0.39 is 11.6 Å². The molecule has 0 fully saturated rings. The maximum Gasteiger partial charge on any atom is 0.344 e. The molecule has 140 valence electrons. The molecule has 0 atom stereocenters. The van der Waals surface area contributed by atoms with Crippen molar-refractivity contribution in [1.29, 1.82) is 0 Å². The van der Waals surface area contributed by atoms with Gasteiger partial charge in [0.15, 0.2) is 6.61 Å². The van der Waals surface area contributed by atoms with E-state index in [4.69, 9.17) is 18.6 Å². The fourth-order valence-electron chi connectivity index (χ4n) is 2.64. The van der Waals surface area contributed by atoms with Crippen molar-refractivity contribution >= 4 is 16.9 Å². The number of ether oxygens (including phenoxy) is 3. The van der Waals surface area contributed by atoms with Crippen LogP contribution >= 0.6 is 0 Å². The number of esters is 1. The molecule has 6 heteroatoms. The fraction of sp³-hybridized carbons (Fsp3) is 0.238. The van der Waals surface area contributed by atoms with Gasteiger partial charge in [-0.15, -0.1) is 0 Å². The lowest BCUT2D eigenvalue weighted by atomic mass is 10.1. The van der Waals surface area contributed by atoms with Crippen molar-refractivity contribution < 1.29 is 23.4 Å². The lowest BCUT2D eigenvalue weighted by Crippen LogP contribution is -2.18. The zero-order valence-electron chi connectivity index (χ0n) is 15.2. The Hall–Kier alpha value is -3.28. The van der Waals surface area contributed by atoms with Crippen LogP contribution in [0.1, 0.15) is 11.1 Å². The van der Waals surface area contributed by atoms with Gasteiger partial charge in [0.25, 0.3) is 0 Å². The number of benzene rings is 2. The third kappa shape index (κ3) is 4.88. The molecular formula is C21H20O6. The summed E-state index contributed by atoms with van der Waals surface area (Å²) in [5, 5.41) is 0.771. The van der Waals surface area contributed by atoms with Crippen molar-refractivity contribution in [2.45, 2.75) is 13.8 Å². The highest BCUT2D eigenvalue weighted by molar-refractivity contribution is 5.78. The van der Waals surface area contributed by atoms with Crippen molar-refractivity contribution in [1.82, 2.24) is 0 Å². The van der Waals surface area contributed by atoms with Crippen LogP contribution in [0.25, 0.3) is 11.0 Å². The first-order valence-corrected chi connectivity index (χ1v) is 8.54. The van der Waals surface area contributed by atoms with Crippen LogP contribution in [0.15, 0.2) is 57.7 Å². The Labute approximate surface area is 156 Å². The minimum absolute atomic E-state index is 0.128. The Morgan fingerprint density at radius 2 is 1.70 bits per heavy atom. The van der Waals surface area contributed by atoms with Crippen LogP contribution in [-0.4, -0.2) is 25.8 Å². The molecule has 0 N–H and O–H groups in total. The summed E-state index contributed by atoms with van der Waals surface area (Å²) >= 11 is 0. The molecule has 0 amide bonds. The number of fused-ring (bicyclic) bond motifs is 1. The van der Waals surface area contributed by atoms with Gasteiger partial charge in [-0.3, -0.25) is 0 Å². The first kappa shape index (κ1) is 18.5. The molecule has 6 nitrogen and oxygen atoms in total. The molecule has 0 radical (unpaired) electrons. The van der Waals surface area contributed by atoms with E-state index in [0.717, 1.165) is 22.3 Å². The predicted molar refractivity (Wildman–Crippen MR) is 100 cm³/mol. The summed E-state index contributed by atoms with van der Waals surface area (Å²) in [5.74, 6) is 0.720. The number of rotatable bonds is 7.